The Balaban J connectivity index is 0.000000605. The van der Waals surface area contributed by atoms with Gasteiger partial charge in [-0.3, -0.25) is 0 Å². The molecule has 58 valence electrons. The maximum Gasteiger partial charge on any atom is 0.0407 e. The second kappa shape index (κ2) is 3.26. The van der Waals surface area contributed by atoms with E-state index in [0.29, 0.717) is 0 Å². The van der Waals surface area contributed by atoms with Gasteiger partial charge in [-0.15, -0.1) is 24.0 Å². The van der Waals surface area contributed by atoms with Gasteiger partial charge in [0.25, 0.3) is 0 Å². The molecule has 0 bridgehead atoms. The zero-order valence-corrected chi connectivity index (χ0v) is 8.46. The van der Waals surface area contributed by atoms with Gasteiger partial charge in [-0.1, -0.05) is 30.8 Å². The Morgan fingerprint density at radius 2 is 2.00 bits per heavy atom. The summed E-state index contributed by atoms with van der Waals surface area (Å²) in [4.78, 5) is 0. The van der Waals surface area contributed by atoms with Crippen LogP contribution in [-0.4, -0.2) is 0 Å². The molecule has 0 saturated carbocycles. The molecule has 0 aliphatic carbocycles. The molecule has 1 aliphatic heterocycles. The standard InChI is InChI=1S/C9H9N.HI/c1-7-9-5-3-2-4-8(9)6-10-7;/h2-5,10H,1,6H2;1H. The predicted molar refractivity (Wildman–Crippen MR) is 57.7 cm³/mol. The molecule has 1 aromatic rings. The second-order valence-electron chi connectivity index (χ2n) is 2.49. The van der Waals surface area contributed by atoms with E-state index in [9.17, 15) is 0 Å². The highest BCUT2D eigenvalue weighted by atomic mass is 127. The summed E-state index contributed by atoms with van der Waals surface area (Å²) in [5, 5.41) is 3.19. The van der Waals surface area contributed by atoms with Crippen LogP contribution < -0.4 is 5.32 Å². The van der Waals surface area contributed by atoms with Crippen LogP contribution in [-0.2, 0) is 6.54 Å². The molecule has 0 aromatic heterocycles. The molecule has 0 spiro atoms. The van der Waals surface area contributed by atoms with Crippen molar-refractivity contribution in [3.63, 3.8) is 0 Å². The van der Waals surface area contributed by atoms with E-state index in [-0.39, 0.29) is 24.0 Å². The van der Waals surface area contributed by atoms with E-state index in [0.717, 1.165) is 12.2 Å². The molecule has 0 radical (unpaired) electrons. The number of benzene rings is 1. The summed E-state index contributed by atoms with van der Waals surface area (Å²) in [5.74, 6) is 0. The minimum absolute atomic E-state index is 0. The topological polar surface area (TPSA) is 12.0 Å². The van der Waals surface area contributed by atoms with Gasteiger partial charge in [-0.25, -0.2) is 0 Å². The second-order valence-corrected chi connectivity index (χ2v) is 2.49. The van der Waals surface area contributed by atoms with E-state index < -0.39 is 0 Å². The monoisotopic (exact) mass is 259 g/mol. The highest BCUT2D eigenvalue weighted by molar-refractivity contribution is 14.0. The predicted octanol–water partition coefficient (Wildman–Crippen LogP) is 2.38. The van der Waals surface area contributed by atoms with Crippen molar-refractivity contribution in [3.05, 3.63) is 42.0 Å². The van der Waals surface area contributed by atoms with Gasteiger partial charge in [0.2, 0.25) is 0 Å². The largest absolute Gasteiger partial charge is 0.381 e. The summed E-state index contributed by atoms with van der Waals surface area (Å²) in [6, 6.07) is 8.31. The van der Waals surface area contributed by atoms with E-state index in [1.807, 2.05) is 6.07 Å². The zero-order valence-electron chi connectivity index (χ0n) is 6.13. The van der Waals surface area contributed by atoms with Crippen LogP contribution in [0, 0.1) is 0 Å². The first kappa shape index (κ1) is 8.59. The third-order valence-corrected chi connectivity index (χ3v) is 1.83. The molecule has 0 atom stereocenters. The lowest BCUT2D eigenvalue weighted by atomic mass is 10.1. The van der Waals surface area contributed by atoms with Crippen molar-refractivity contribution in [2.75, 3.05) is 0 Å². The summed E-state index contributed by atoms with van der Waals surface area (Å²) in [6.07, 6.45) is 0. The molecule has 1 nitrogen and oxygen atoms in total. The lowest BCUT2D eigenvalue weighted by molar-refractivity contribution is 0.946. The Labute approximate surface area is 83.5 Å². The van der Waals surface area contributed by atoms with Crippen LogP contribution in [0.1, 0.15) is 11.1 Å². The third-order valence-electron chi connectivity index (χ3n) is 1.83. The molecule has 1 N–H and O–H groups in total. The summed E-state index contributed by atoms with van der Waals surface area (Å²) in [7, 11) is 0. The molecular weight excluding hydrogens is 249 g/mol. The third kappa shape index (κ3) is 1.40. The van der Waals surface area contributed by atoms with E-state index in [1.54, 1.807) is 0 Å². The fourth-order valence-electron chi connectivity index (χ4n) is 1.27. The van der Waals surface area contributed by atoms with Crippen LogP contribution in [0.3, 0.4) is 0 Å². The molecule has 2 rings (SSSR count). The molecular formula is C9H10IN. The van der Waals surface area contributed by atoms with Gasteiger partial charge in [0.1, 0.15) is 0 Å². The maximum atomic E-state index is 3.88. The average Bonchev–Trinajstić information content (AvgIpc) is 2.34. The van der Waals surface area contributed by atoms with Gasteiger partial charge in [-0.05, 0) is 5.56 Å². The zero-order chi connectivity index (χ0) is 6.97. The summed E-state index contributed by atoms with van der Waals surface area (Å²) in [6.45, 7) is 4.82. The molecule has 2 heteroatoms. The van der Waals surface area contributed by atoms with Crippen molar-refractivity contribution in [1.82, 2.24) is 5.32 Å². The summed E-state index contributed by atoms with van der Waals surface area (Å²) >= 11 is 0. The van der Waals surface area contributed by atoms with Crippen LogP contribution in [0.25, 0.3) is 5.70 Å². The number of halogens is 1. The fraction of sp³-hybridized carbons (Fsp3) is 0.111. The van der Waals surface area contributed by atoms with Crippen molar-refractivity contribution >= 4 is 29.7 Å². The number of hydrogen-bond acceptors (Lipinski definition) is 1. The van der Waals surface area contributed by atoms with Crippen molar-refractivity contribution in [2.24, 2.45) is 0 Å². The minimum Gasteiger partial charge on any atom is -0.381 e. The summed E-state index contributed by atoms with van der Waals surface area (Å²) < 4.78 is 0. The van der Waals surface area contributed by atoms with Crippen molar-refractivity contribution in [1.29, 1.82) is 0 Å². The number of rotatable bonds is 0. The molecule has 1 heterocycles. The Bertz CT molecular complexity index is 281. The van der Waals surface area contributed by atoms with Crippen LogP contribution >= 0.6 is 24.0 Å². The Morgan fingerprint density at radius 1 is 1.27 bits per heavy atom. The molecule has 0 unspecified atom stereocenters. The lowest BCUT2D eigenvalue weighted by Gasteiger charge is -1.94. The van der Waals surface area contributed by atoms with Crippen LogP contribution in [0.5, 0.6) is 0 Å². The van der Waals surface area contributed by atoms with Gasteiger partial charge in [0.15, 0.2) is 0 Å². The van der Waals surface area contributed by atoms with Crippen molar-refractivity contribution < 1.29 is 0 Å². The highest BCUT2D eigenvalue weighted by Gasteiger charge is 2.10. The van der Waals surface area contributed by atoms with E-state index in [1.165, 1.54) is 11.1 Å². The van der Waals surface area contributed by atoms with Crippen LogP contribution in [0.15, 0.2) is 30.8 Å². The summed E-state index contributed by atoms with van der Waals surface area (Å²) in [5.41, 5.74) is 3.67. The first-order valence-corrected chi connectivity index (χ1v) is 3.39. The molecule has 0 saturated heterocycles. The Hall–Kier alpha value is -0.510. The first-order chi connectivity index (χ1) is 4.88. The molecule has 1 aliphatic rings. The van der Waals surface area contributed by atoms with E-state index >= 15 is 0 Å². The minimum atomic E-state index is 0. The molecule has 0 amide bonds. The fourth-order valence-corrected chi connectivity index (χ4v) is 1.27. The van der Waals surface area contributed by atoms with E-state index in [2.05, 4.69) is 30.1 Å². The van der Waals surface area contributed by atoms with Gasteiger partial charge in [0.05, 0.1) is 0 Å². The van der Waals surface area contributed by atoms with Gasteiger partial charge < -0.3 is 5.32 Å². The number of fused-ring (bicyclic) bond motifs is 1. The first-order valence-electron chi connectivity index (χ1n) is 3.39. The SMILES string of the molecule is C=C1NCc2ccccc21.I. The lowest BCUT2D eigenvalue weighted by Crippen LogP contribution is -1.98. The quantitative estimate of drug-likeness (QED) is 0.705. The normalized spacial score (nSPS) is 13.3. The van der Waals surface area contributed by atoms with Gasteiger partial charge in [0, 0.05) is 17.8 Å². The maximum absolute atomic E-state index is 3.88. The number of nitrogens with one attached hydrogen (secondary N) is 1. The Morgan fingerprint density at radius 3 is 2.73 bits per heavy atom. The van der Waals surface area contributed by atoms with Gasteiger partial charge in [-0.2, -0.15) is 0 Å². The highest BCUT2D eigenvalue weighted by Crippen LogP contribution is 2.21. The molecule has 11 heavy (non-hydrogen) atoms. The average molecular weight is 259 g/mol. The molecule has 0 fully saturated rings. The smallest absolute Gasteiger partial charge is 0.0407 e. The molecule has 1 aromatic carbocycles. The van der Waals surface area contributed by atoms with Crippen LogP contribution in [0.2, 0.25) is 0 Å². The van der Waals surface area contributed by atoms with Crippen molar-refractivity contribution in [2.45, 2.75) is 6.54 Å². The van der Waals surface area contributed by atoms with Crippen molar-refractivity contribution in [3.8, 4) is 0 Å². The van der Waals surface area contributed by atoms with E-state index in [4.69, 9.17) is 0 Å². The Kier molecular flexibility index (Phi) is 2.54. The van der Waals surface area contributed by atoms with Crippen LogP contribution in [0.4, 0.5) is 0 Å². The number of hydrogen-bond donors (Lipinski definition) is 1. The van der Waals surface area contributed by atoms with Gasteiger partial charge >= 0.3 is 0 Å².